The molecule has 2 rings (SSSR count). The molecule has 1 aromatic heterocycles. The van der Waals surface area contributed by atoms with Gasteiger partial charge in [0.2, 0.25) is 0 Å². The van der Waals surface area contributed by atoms with Crippen molar-refractivity contribution in [3.8, 4) is 5.75 Å². The summed E-state index contributed by atoms with van der Waals surface area (Å²) >= 11 is 0. The van der Waals surface area contributed by atoms with Gasteiger partial charge in [0.05, 0.1) is 7.11 Å². The molecule has 0 unspecified atom stereocenters. The van der Waals surface area contributed by atoms with E-state index in [9.17, 15) is 4.79 Å². The van der Waals surface area contributed by atoms with Gasteiger partial charge in [0.1, 0.15) is 5.75 Å². The molecule has 4 heteroatoms. The van der Waals surface area contributed by atoms with Crippen LogP contribution in [-0.2, 0) is 6.42 Å². The first-order valence-corrected chi connectivity index (χ1v) is 5.51. The van der Waals surface area contributed by atoms with Crippen LogP contribution < -0.4 is 4.74 Å². The van der Waals surface area contributed by atoms with Gasteiger partial charge in [-0.25, -0.2) is 9.78 Å². The van der Waals surface area contributed by atoms with Gasteiger partial charge in [-0.1, -0.05) is 30.3 Å². The van der Waals surface area contributed by atoms with Crippen molar-refractivity contribution in [1.82, 2.24) is 4.98 Å². The molecule has 0 aliphatic heterocycles. The standard InChI is InChI=1S/C14H13NO3/c1-18-13-8-12(14(16)17)15-9-11(13)7-10-5-3-2-4-6-10/h2-6,8-9H,7H2,1H3,(H,16,17). The third kappa shape index (κ3) is 2.66. The largest absolute Gasteiger partial charge is 0.496 e. The second-order valence-electron chi connectivity index (χ2n) is 3.85. The summed E-state index contributed by atoms with van der Waals surface area (Å²) in [5.74, 6) is -0.509. The summed E-state index contributed by atoms with van der Waals surface area (Å²) in [7, 11) is 1.52. The molecule has 0 aliphatic rings. The molecular weight excluding hydrogens is 230 g/mol. The minimum Gasteiger partial charge on any atom is -0.496 e. The van der Waals surface area contributed by atoms with Crippen LogP contribution in [0, 0.1) is 0 Å². The summed E-state index contributed by atoms with van der Waals surface area (Å²) in [6, 6.07) is 11.3. The number of aromatic carboxylic acids is 1. The van der Waals surface area contributed by atoms with E-state index in [1.165, 1.54) is 13.2 Å². The second kappa shape index (κ2) is 5.31. The summed E-state index contributed by atoms with van der Waals surface area (Å²) in [5.41, 5.74) is 1.98. The molecule has 0 aliphatic carbocycles. The lowest BCUT2D eigenvalue weighted by Crippen LogP contribution is -2.03. The van der Waals surface area contributed by atoms with Gasteiger partial charge in [-0.15, -0.1) is 0 Å². The number of hydrogen-bond acceptors (Lipinski definition) is 3. The van der Waals surface area contributed by atoms with Gasteiger partial charge >= 0.3 is 5.97 Å². The molecule has 0 saturated heterocycles. The SMILES string of the molecule is COc1cc(C(=O)O)ncc1Cc1ccccc1. The predicted octanol–water partition coefficient (Wildman–Crippen LogP) is 2.38. The topological polar surface area (TPSA) is 59.4 Å². The van der Waals surface area contributed by atoms with Gasteiger partial charge in [0.25, 0.3) is 0 Å². The van der Waals surface area contributed by atoms with Crippen LogP contribution in [0.4, 0.5) is 0 Å². The summed E-state index contributed by atoms with van der Waals surface area (Å²) in [4.78, 5) is 14.7. The molecule has 0 atom stereocenters. The van der Waals surface area contributed by atoms with E-state index in [2.05, 4.69) is 4.98 Å². The van der Waals surface area contributed by atoms with E-state index >= 15 is 0 Å². The van der Waals surface area contributed by atoms with Crippen molar-refractivity contribution in [3.63, 3.8) is 0 Å². The van der Waals surface area contributed by atoms with Crippen molar-refractivity contribution >= 4 is 5.97 Å². The summed E-state index contributed by atoms with van der Waals surface area (Å²) in [6.45, 7) is 0. The molecule has 0 saturated carbocycles. The highest BCUT2D eigenvalue weighted by Gasteiger charge is 2.10. The minimum atomic E-state index is -1.06. The first kappa shape index (κ1) is 12.1. The van der Waals surface area contributed by atoms with Crippen molar-refractivity contribution in [2.24, 2.45) is 0 Å². The van der Waals surface area contributed by atoms with E-state index in [0.29, 0.717) is 12.2 Å². The number of methoxy groups -OCH3 is 1. The van der Waals surface area contributed by atoms with Crippen LogP contribution in [0.3, 0.4) is 0 Å². The van der Waals surface area contributed by atoms with Crippen molar-refractivity contribution in [3.05, 3.63) is 59.4 Å². The lowest BCUT2D eigenvalue weighted by atomic mass is 10.1. The number of nitrogens with zero attached hydrogens (tertiary/aromatic N) is 1. The Hall–Kier alpha value is -2.36. The molecule has 0 fully saturated rings. The number of hydrogen-bond donors (Lipinski definition) is 1. The van der Waals surface area contributed by atoms with Crippen molar-refractivity contribution in [1.29, 1.82) is 0 Å². The van der Waals surface area contributed by atoms with E-state index in [1.54, 1.807) is 6.20 Å². The molecule has 1 N–H and O–H groups in total. The summed E-state index contributed by atoms with van der Waals surface area (Å²) < 4.78 is 5.21. The number of rotatable bonds is 4. The first-order chi connectivity index (χ1) is 8.70. The number of carboxylic acid groups (broad SMARTS) is 1. The maximum atomic E-state index is 10.8. The Kier molecular flexibility index (Phi) is 3.57. The normalized spacial score (nSPS) is 10.1. The van der Waals surface area contributed by atoms with Crippen molar-refractivity contribution in [2.75, 3.05) is 7.11 Å². The van der Waals surface area contributed by atoms with E-state index in [0.717, 1.165) is 11.1 Å². The molecule has 0 amide bonds. The fraction of sp³-hybridized carbons (Fsp3) is 0.143. The molecule has 0 spiro atoms. The molecule has 0 radical (unpaired) electrons. The summed E-state index contributed by atoms with van der Waals surface area (Å²) in [5, 5.41) is 8.87. The highest BCUT2D eigenvalue weighted by Crippen LogP contribution is 2.21. The minimum absolute atomic E-state index is 0.0105. The van der Waals surface area contributed by atoms with E-state index in [4.69, 9.17) is 9.84 Å². The van der Waals surface area contributed by atoms with E-state index in [1.807, 2.05) is 30.3 Å². The Labute approximate surface area is 105 Å². The number of carbonyl (C=O) groups is 1. The Morgan fingerprint density at radius 3 is 2.67 bits per heavy atom. The second-order valence-corrected chi connectivity index (χ2v) is 3.85. The van der Waals surface area contributed by atoms with Crippen molar-refractivity contribution < 1.29 is 14.6 Å². The third-order valence-corrected chi connectivity index (χ3v) is 2.62. The highest BCUT2D eigenvalue weighted by atomic mass is 16.5. The Balaban J connectivity index is 2.31. The number of aromatic nitrogens is 1. The van der Waals surface area contributed by atoms with Crippen molar-refractivity contribution in [2.45, 2.75) is 6.42 Å². The average Bonchev–Trinajstić information content (AvgIpc) is 2.40. The zero-order valence-electron chi connectivity index (χ0n) is 9.96. The van der Waals surface area contributed by atoms with Gasteiger partial charge in [0.15, 0.2) is 5.69 Å². The van der Waals surface area contributed by atoms with Crippen LogP contribution in [0.2, 0.25) is 0 Å². The lowest BCUT2D eigenvalue weighted by molar-refractivity contribution is 0.0690. The molecule has 2 aromatic rings. The van der Waals surface area contributed by atoms with Gasteiger partial charge < -0.3 is 9.84 Å². The van der Waals surface area contributed by atoms with Gasteiger partial charge in [-0.05, 0) is 5.56 Å². The van der Waals surface area contributed by atoms with Gasteiger partial charge in [0, 0.05) is 24.2 Å². The highest BCUT2D eigenvalue weighted by molar-refractivity contribution is 5.85. The lowest BCUT2D eigenvalue weighted by Gasteiger charge is -2.08. The van der Waals surface area contributed by atoms with Crippen LogP contribution in [0.15, 0.2) is 42.6 Å². The fourth-order valence-corrected chi connectivity index (χ4v) is 1.72. The zero-order valence-corrected chi connectivity index (χ0v) is 9.96. The fourth-order valence-electron chi connectivity index (χ4n) is 1.72. The van der Waals surface area contributed by atoms with Crippen LogP contribution in [0.25, 0.3) is 0 Å². The van der Waals surface area contributed by atoms with Crippen LogP contribution in [0.5, 0.6) is 5.75 Å². The Morgan fingerprint density at radius 1 is 1.33 bits per heavy atom. The molecular formula is C14H13NO3. The van der Waals surface area contributed by atoms with Crippen LogP contribution >= 0.6 is 0 Å². The number of ether oxygens (including phenoxy) is 1. The maximum Gasteiger partial charge on any atom is 0.354 e. The zero-order chi connectivity index (χ0) is 13.0. The predicted molar refractivity (Wildman–Crippen MR) is 67.0 cm³/mol. The Bertz CT molecular complexity index is 552. The van der Waals surface area contributed by atoms with E-state index < -0.39 is 5.97 Å². The van der Waals surface area contributed by atoms with Crippen LogP contribution in [-0.4, -0.2) is 23.2 Å². The molecule has 1 heterocycles. The smallest absolute Gasteiger partial charge is 0.354 e. The molecule has 1 aromatic carbocycles. The molecule has 0 bridgehead atoms. The molecule has 92 valence electrons. The third-order valence-electron chi connectivity index (χ3n) is 2.62. The number of carboxylic acids is 1. The average molecular weight is 243 g/mol. The monoisotopic (exact) mass is 243 g/mol. The van der Waals surface area contributed by atoms with Gasteiger partial charge in [-0.3, -0.25) is 0 Å². The summed E-state index contributed by atoms with van der Waals surface area (Å²) in [6.07, 6.45) is 2.21. The van der Waals surface area contributed by atoms with Gasteiger partial charge in [-0.2, -0.15) is 0 Å². The van der Waals surface area contributed by atoms with Crippen LogP contribution in [0.1, 0.15) is 21.6 Å². The maximum absolute atomic E-state index is 10.8. The van der Waals surface area contributed by atoms with E-state index in [-0.39, 0.29) is 5.69 Å². The Morgan fingerprint density at radius 2 is 2.06 bits per heavy atom. The first-order valence-electron chi connectivity index (χ1n) is 5.51. The molecule has 4 nitrogen and oxygen atoms in total. The molecule has 18 heavy (non-hydrogen) atoms. The quantitative estimate of drug-likeness (QED) is 0.895. The number of pyridine rings is 1. The number of benzene rings is 1.